The van der Waals surface area contributed by atoms with Crippen LogP contribution in [0.3, 0.4) is 0 Å². The van der Waals surface area contributed by atoms with Crippen molar-refractivity contribution in [2.45, 2.75) is 57.0 Å². The second-order valence-corrected chi connectivity index (χ2v) is 8.41. The molecule has 4 rings (SSSR count). The number of nitrogens with zero attached hydrogens (tertiary/aromatic N) is 4. The van der Waals surface area contributed by atoms with Crippen molar-refractivity contribution < 1.29 is 22.7 Å². The number of carbonyl (C=O) groups is 1. The van der Waals surface area contributed by atoms with Crippen LogP contribution in [0.2, 0.25) is 0 Å². The molecule has 1 aromatic carbocycles. The van der Waals surface area contributed by atoms with E-state index in [1.807, 2.05) is 6.92 Å². The third-order valence-corrected chi connectivity index (χ3v) is 6.44. The van der Waals surface area contributed by atoms with Crippen molar-refractivity contribution in [3.05, 3.63) is 36.2 Å². The number of alkyl halides is 3. The van der Waals surface area contributed by atoms with Crippen LogP contribution in [0, 0.1) is 5.92 Å². The number of piperidine rings is 1. The Morgan fingerprint density at radius 2 is 2.10 bits per heavy atom. The summed E-state index contributed by atoms with van der Waals surface area (Å²) in [6.07, 6.45) is 0.390. The monoisotopic (exact) mass is 435 g/mol. The lowest BCUT2D eigenvalue weighted by molar-refractivity contribution is -0.155. The Hall–Kier alpha value is -2.75. The molecule has 1 aliphatic carbocycles. The molecular weight excluding hydrogens is 411 g/mol. The topological polar surface area (TPSA) is 80.2 Å². The Bertz CT molecular complexity index is 971. The molecular formula is C21H24F3N5O2. The van der Waals surface area contributed by atoms with Crippen LogP contribution < -0.4 is 5.32 Å². The molecule has 10 heteroatoms. The highest BCUT2D eigenvalue weighted by atomic mass is 19.4. The Morgan fingerprint density at radius 1 is 1.32 bits per heavy atom. The highest BCUT2D eigenvalue weighted by molar-refractivity contribution is 5.92. The number of benzene rings is 1. The number of methoxy groups -OCH3 is 1. The summed E-state index contributed by atoms with van der Waals surface area (Å²) in [6, 6.07) is 3.16. The molecule has 7 nitrogen and oxygen atoms in total. The maximum Gasteiger partial charge on any atom is 0.417 e. The fourth-order valence-electron chi connectivity index (χ4n) is 5.09. The molecule has 2 amide bonds. The maximum absolute atomic E-state index is 13.5. The van der Waals surface area contributed by atoms with Crippen LogP contribution in [-0.2, 0) is 10.9 Å². The average Bonchev–Trinajstić information content (AvgIpc) is 2.72. The van der Waals surface area contributed by atoms with Gasteiger partial charge < -0.3 is 15.0 Å². The van der Waals surface area contributed by atoms with Gasteiger partial charge in [0.25, 0.3) is 0 Å². The van der Waals surface area contributed by atoms with Crippen LogP contribution in [0.25, 0.3) is 11.4 Å². The third kappa shape index (κ3) is 3.73. The summed E-state index contributed by atoms with van der Waals surface area (Å²) >= 11 is 0. The molecule has 1 aromatic heterocycles. The molecule has 3 unspecified atom stereocenters. The number of urea groups is 1. The van der Waals surface area contributed by atoms with Gasteiger partial charge in [0.05, 0.1) is 23.4 Å². The molecule has 2 bridgehead atoms. The zero-order valence-electron chi connectivity index (χ0n) is 17.5. The molecule has 166 valence electrons. The normalized spacial score (nSPS) is 26.2. The molecule has 1 aliphatic heterocycles. The number of amides is 2. The number of hydrogen-bond donors (Lipinski definition) is 1. The number of ether oxygens (including phenoxy) is 1. The zero-order valence-corrected chi connectivity index (χ0v) is 17.5. The van der Waals surface area contributed by atoms with Gasteiger partial charge in [0.2, 0.25) is 0 Å². The molecule has 31 heavy (non-hydrogen) atoms. The van der Waals surface area contributed by atoms with Gasteiger partial charge in [0.1, 0.15) is 0 Å². The van der Waals surface area contributed by atoms with Crippen molar-refractivity contribution >= 4 is 11.7 Å². The van der Waals surface area contributed by atoms with Crippen LogP contribution >= 0.6 is 0 Å². The predicted octanol–water partition coefficient (Wildman–Crippen LogP) is 4.37. The van der Waals surface area contributed by atoms with Crippen LogP contribution in [0.1, 0.15) is 38.7 Å². The van der Waals surface area contributed by atoms with E-state index in [1.54, 1.807) is 12.0 Å². The first-order chi connectivity index (χ1) is 14.7. The fraction of sp³-hybridized carbons (Fsp3) is 0.524. The van der Waals surface area contributed by atoms with Crippen LogP contribution in [0.5, 0.6) is 0 Å². The summed E-state index contributed by atoms with van der Waals surface area (Å²) in [6.45, 7) is 4.11. The Labute approximate surface area is 178 Å². The van der Waals surface area contributed by atoms with Gasteiger partial charge in [0.15, 0.2) is 5.82 Å². The van der Waals surface area contributed by atoms with E-state index < -0.39 is 17.3 Å². The molecule has 4 atom stereocenters. The summed E-state index contributed by atoms with van der Waals surface area (Å²) in [4.78, 5) is 18.9. The number of aromatic nitrogens is 3. The van der Waals surface area contributed by atoms with Crippen molar-refractivity contribution in [3.8, 4) is 11.4 Å². The molecule has 2 aromatic rings. The van der Waals surface area contributed by atoms with Crippen LogP contribution in [0.15, 0.2) is 30.6 Å². The first kappa shape index (κ1) is 21.5. The Morgan fingerprint density at radius 3 is 2.74 bits per heavy atom. The smallest absolute Gasteiger partial charge is 0.379 e. The number of fused-ring (bicyclic) bond motifs is 2. The van der Waals surface area contributed by atoms with Crippen molar-refractivity contribution in [1.82, 2.24) is 20.1 Å². The minimum Gasteiger partial charge on any atom is -0.379 e. The fourth-order valence-corrected chi connectivity index (χ4v) is 5.09. The van der Waals surface area contributed by atoms with E-state index in [2.05, 4.69) is 27.4 Å². The lowest BCUT2D eigenvalue weighted by Gasteiger charge is -2.65. The third-order valence-electron chi connectivity index (χ3n) is 6.44. The Kier molecular flexibility index (Phi) is 5.36. The van der Waals surface area contributed by atoms with E-state index >= 15 is 0 Å². The van der Waals surface area contributed by atoms with E-state index in [4.69, 9.17) is 4.74 Å². The molecule has 1 saturated heterocycles. The quantitative estimate of drug-likeness (QED) is 0.772. The number of rotatable bonds is 4. The lowest BCUT2D eigenvalue weighted by Crippen LogP contribution is -2.76. The van der Waals surface area contributed by atoms with Gasteiger partial charge in [0, 0.05) is 30.6 Å². The predicted molar refractivity (Wildman–Crippen MR) is 107 cm³/mol. The van der Waals surface area contributed by atoms with E-state index in [0.29, 0.717) is 5.92 Å². The maximum atomic E-state index is 13.5. The number of carbonyl (C=O) groups excluding carboxylic acids is 1. The highest BCUT2D eigenvalue weighted by Crippen LogP contribution is 2.52. The minimum atomic E-state index is -4.60. The average molecular weight is 435 g/mol. The second-order valence-electron chi connectivity index (χ2n) is 8.41. The van der Waals surface area contributed by atoms with E-state index in [0.717, 1.165) is 25.3 Å². The Balaban J connectivity index is 1.63. The molecule has 1 saturated carbocycles. The number of likely N-dealkylation sites (tertiary alicyclic amines) is 1. The summed E-state index contributed by atoms with van der Waals surface area (Å²) in [7, 11) is 1.62. The van der Waals surface area contributed by atoms with Gasteiger partial charge >= 0.3 is 12.2 Å². The van der Waals surface area contributed by atoms with Crippen LogP contribution in [0.4, 0.5) is 23.7 Å². The van der Waals surface area contributed by atoms with Crippen molar-refractivity contribution in [1.29, 1.82) is 0 Å². The van der Waals surface area contributed by atoms with E-state index in [1.165, 1.54) is 24.5 Å². The second kappa shape index (κ2) is 7.74. The number of nitrogens with one attached hydrogen (secondary N) is 1. The van der Waals surface area contributed by atoms with E-state index in [9.17, 15) is 18.0 Å². The zero-order chi connectivity index (χ0) is 22.4. The number of halogens is 3. The van der Waals surface area contributed by atoms with Gasteiger partial charge in [-0.05, 0) is 50.3 Å². The summed E-state index contributed by atoms with van der Waals surface area (Å²) in [5.41, 5.74) is -1.30. The number of hydrogen-bond acceptors (Lipinski definition) is 5. The number of anilines is 1. The molecule has 2 fully saturated rings. The SMILES string of the molecule is CO[C@H](C)C12CC(C)CC(C1)N2C(=O)Nc1ccc(C(F)(F)F)c(-c2nccnn2)c1. The van der Waals surface area contributed by atoms with Crippen LogP contribution in [-0.4, -0.2) is 50.9 Å². The van der Waals surface area contributed by atoms with Gasteiger partial charge in [-0.15, -0.1) is 5.10 Å². The first-order valence-corrected chi connectivity index (χ1v) is 10.1. The highest BCUT2D eigenvalue weighted by Gasteiger charge is 2.61. The van der Waals surface area contributed by atoms with Gasteiger partial charge in [-0.25, -0.2) is 9.78 Å². The first-order valence-electron chi connectivity index (χ1n) is 10.1. The standard InChI is InChI=1S/C21H24F3N5O2/c1-12-8-15-11-20(10-12,13(2)31-3)29(15)19(30)27-14-4-5-17(21(22,23)24)16(9-14)18-25-6-7-26-28-18/h4-7,9,12-13,15H,8,10-11H2,1-3H3,(H,27,30)/t12?,13-,15?,20?/m1/s1. The summed E-state index contributed by atoms with van der Waals surface area (Å²) in [5, 5.41) is 10.1. The lowest BCUT2D eigenvalue weighted by atomic mass is 9.62. The van der Waals surface area contributed by atoms with Gasteiger partial charge in [-0.2, -0.15) is 18.3 Å². The molecule has 1 N–H and O–H groups in total. The van der Waals surface area contributed by atoms with Crippen molar-refractivity contribution in [3.63, 3.8) is 0 Å². The largest absolute Gasteiger partial charge is 0.417 e. The van der Waals surface area contributed by atoms with Crippen molar-refractivity contribution in [2.24, 2.45) is 5.92 Å². The molecule has 0 radical (unpaired) electrons. The molecule has 2 heterocycles. The minimum absolute atomic E-state index is 0.0944. The molecule has 0 spiro atoms. The van der Waals surface area contributed by atoms with E-state index in [-0.39, 0.29) is 35.3 Å². The summed E-state index contributed by atoms with van der Waals surface area (Å²) < 4.78 is 46.1. The van der Waals surface area contributed by atoms with Gasteiger partial charge in [-0.3, -0.25) is 0 Å². The van der Waals surface area contributed by atoms with Gasteiger partial charge in [-0.1, -0.05) is 6.92 Å². The summed E-state index contributed by atoms with van der Waals surface area (Å²) in [5.74, 6) is 0.311. The molecule has 2 aliphatic rings. The van der Waals surface area contributed by atoms with Crippen molar-refractivity contribution in [2.75, 3.05) is 12.4 Å².